The highest BCUT2D eigenvalue weighted by Gasteiger charge is 2.24. The topological polar surface area (TPSA) is 48.1 Å². The van der Waals surface area contributed by atoms with E-state index in [2.05, 4.69) is 55.0 Å². The number of thiocarbonyl (C=S) groups is 1. The average Bonchev–Trinajstić information content (AvgIpc) is 2.68. The SMILES string of the molecule is Cc1ccc2cc(CN(C(=S)NCC(C)C)C3CCCCC3)c(=O)[nH]c2c1C. The number of rotatable bonds is 5. The number of nitrogens with zero attached hydrogens (tertiary/aromatic N) is 1. The van der Waals surface area contributed by atoms with Crippen molar-refractivity contribution >= 4 is 28.2 Å². The van der Waals surface area contributed by atoms with Gasteiger partial charge in [0, 0.05) is 18.2 Å². The molecule has 1 saturated carbocycles. The number of H-pyrrole nitrogens is 1. The Labute approximate surface area is 173 Å². The lowest BCUT2D eigenvalue weighted by Gasteiger charge is -2.36. The average molecular weight is 400 g/mol. The Kier molecular flexibility index (Phi) is 6.76. The van der Waals surface area contributed by atoms with Gasteiger partial charge in [-0.05, 0) is 67.4 Å². The van der Waals surface area contributed by atoms with Crippen LogP contribution in [0.3, 0.4) is 0 Å². The molecule has 1 aliphatic rings. The van der Waals surface area contributed by atoms with E-state index in [1.54, 1.807) is 0 Å². The lowest BCUT2D eigenvalue weighted by Crippen LogP contribution is -2.47. The Hall–Kier alpha value is -1.88. The van der Waals surface area contributed by atoms with E-state index in [1.807, 2.05) is 6.07 Å². The zero-order valence-electron chi connectivity index (χ0n) is 17.6. The van der Waals surface area contributed by atoms with Gasteiger partial charge in [0.15, 0.2) is 5.11 Å². The van der Waals surface area contributed by atoms with E-state index in [4.69, 9.17) is 12.2 Å². The van der Waals surface area contributed by atoms with Crippen LogP contribution in [0.4, 0.5) is 0 Å². The van der Waals surface area contributed by atoms with Crippen LogP contribution < -0.4 is 10.9 Å². The molecule has 0 radical (unpaired) electrons. The number of aromatic amines is 1. The van der Waals surface area contributed by atoms with Crippen LogP contribution in [0.5, 0.6) is 0 Å². The van der Waals surface area contributed by atoms with E-state index in [9.17, 15) is 4.79 Å². The molecule has 1 aliphatic carbocycles. The van der Waals surface area contributed by atoms with E-state index in [1.165, 1.54) is 24.8 Å². The lowest BCUT2D eigenvalue weighted by molar-refractivity contribution is 0.234. The molecule has 0 unspecified atom stereocenters. The normalized spacial score (nSPS) is 15.2. The number of aromatic nitrogens is 1. The Morgan fingerprint density at radius 1 is 1.25 bits per heavy atom. The first-order chi connectivity index (χ1) is 13.4. The summed E-state index contributed by atoms with van der Waals surface area (Å²) in [5, 5.41) is 5.28. The third-order valence-electron chi connectivity index (χ3n) is 5.91. The second-order valence-corrected chi connectivity index (χ2v) is 8.98. The predicted molar refractivity (Wildman–Crippen MR) is 122 cm³/mol. The monoisotopic (exact) mass is 399 g/mol. The van der Waals surface area contributed by atoms with E-state index in [0.717, 1.165) is 46.5 Å². The second kappa shape index (κ2) is 9.08. The van der Waals surface area contributed by atoms with E-state index < -0.39 is 0 Å². The molecule has 2 aromatic rings. The summed E-state index contributed by atoms with van der Waals surface area (Å²) in [4.78, 5) is 18.2. The summed E-state index contributed by atoms with van der Waals surface area (Å²) in [6.45, 7) is 9.91. The smallest absolute Gasteiger partial charge is 0.253 e. The molecule has 3 rings (SSSR count). The van der Waals surface area contributed by atoms with Crippen molar-refractivity contribution < 1.29 is 0 Å². The Morgan fingerprint density at radius 3 is 2.64 bits per heavy atom. The first-order valence-corrected chi connectivity index (χ1v) is 10.9. The van der Waals surface area contributed by atoms with E-state index in [0.29, 0.717) is 18.5 Å². The predicted octanol–water partition coefficient (Wildman–Crippen LogP) is 4.81. The summed E-state index contributed by atoms with van der Waals surface area (Å²) in [6.07, 6.45) is 6.06. The summed E-state index contributed by atoms with van der Waals surface area (Å²) in [5.41, 5.74) is 4.06. The molecule has 0 saturated heterocycles. The van der Waals surface area contributed by atoms with Gasteiger partial charge in [0.2, 0.25) is 0 Å². The Morgan fingerprint density at radius 2 is 1.96 bits per heavy atom. The fourth-order valence-electron chi connectivity index (χ4n) is 4.02. The Balaban J connectivity index is 1.90. The number of hydrogen-bond acceptors (Lipinski definition) is 2. The summed E-state index contributed by atoms with van der Waals surface area (Å²) in [6, 6.07) is 6.67. The summed E-state index contributed by atoms with van der Waals surface area (Å²) in [5.74, 6) is 0.529. The molecule has 5 heteroatoms. The van der Waals surface area contributed by atoms with Crippen molar-refractivity contribution in [3.63, 3.8) is 0 Å². The van der Waals surface area contributed by atoms with Gasteiger partial charge < -0.3 is 15.2 Å². The summed E-state index contributed by atoms with van der Waals surface area (Å²) in [7, 11) is 0. The quantitative estimate of drug-likeness (QED) is 0.709. The third-order valence-corrected chi connectivity index (χ3v) is 6.29. The molecular weight excluding hydrogens is 366 g/mol. The van der Waals surface area contributed by atoms with E-state index in [-0.39, 0.29) is 5.56 Å². The van der Waals surface area contributed by atoms with Gasteiger partial charge in [0.05, 0.1) is 12.1 Å². The Bertz CT molecular complexity index is 897. The van der Waals surface area contributed by atoms with Crippen LogP contribution >= 0.6 is 12.2 Å². The molecule has 0 spiro atoms. The minimum Gasteiger partial charge on any atom is -0.362 e. The van der Waals surface area contributed by atoms with Crippen molar-refractivity contribution in [1.29, 1.82) is 0 Å². The van der Waals surface area contributed by atoms with Crippen LogP contribution in [0.1, 0.15) is 62.6 Å². The number of aryl methyl sites for hydroxylation is 2. The van der Waals surface area contributed by atoms with Crippen molar-refractivity contribution in [2.75, 3.05) is 6.54 Å². The highest BCUT2D eigenvalue weighted by Crippen LogP contribution is 2.25. The van der Waals surface area contributed by atoms with Crippen molar-refractivity contribution in [2.24, 2.45) is 5.92 Å². The summed E-state index contributed by atoms with van der Waals surface area (Å²) >= 11 is 5.75. The van der Waals surface area contributed by atoms with Gasteiger partial charge in [-0.15, -0.1) is 0 Å². The fourth-order valence-corrected chi connectivity index (χ4v) is 4.32. The molecular formula is C23H33N3OS. The molecule has 0 bridgehead atoms. The maximum Gasteiger partial charge on any atom is 0.253 e. The van der Waals surface area contributed by atoms with Gasteiger partial charge in [0.1, 0.15) is 0 Å². The fraction of sp³-hybridized carbons (Fsp3) is 0.565. The largest absolute Gasteiger partial charge is 0.362 e. The third kappa shape index (κ3) is 4.75. The van der Waals surface area contributed by atoms with Crippen LogP contribution in [0.25, 0.3) is 10.9 Å². The molecule has 152 valence electrons. The molecule has 2 N–H and O–H groups in total. The molecule has 1 aromatic heterocycles. The highest BCUT2D eigenvalue weighted by atomic mass is 32.1. The van der Waals surface area contributed by atoms with Gasteiger partial charge in [-0.2, -0.15) is 0 Å². The van der Waals surface area contributed by atoms with Gasteiger partial charge >= 0.3 is 0 Å². The molecule has 1 heterocycles. The highest BCUT2D eigenvalue weighted by molar-refractivity contribution is 7.80. The van der Waals surface area contributed by atoms with E-state index >= 15 is 0 Å². The maximum absolute atomic E-state index is 12.9. The number of nitrogens with one attached hydrogen (secondary N) is 2. The first kappa shape index (κ1) is 20.8. The molecule has 0 amide bonds. The first-order valence-electron chi connectivity index (χ1n) is 10.5. The second-order valence-electron chi connectivity index (χ2n) is 8.60. The van der Waals surface area contributed by atoms with Gasteiger partial charge in [0.25, 0.3) is 5.56 Å². The molecule has 4 nitrogen and oxygen atoms in total. The number of pyridine rings is 1. The minimum absolute atomic E-state index is 0.00586. The van der Waals surface area contributed by atoms with Gasteiger partial charge in [-0.25, -0.2) is 0 Å². The van der Waals surface area contributed by atoms with Crippen LogP contribution in [-0.2, 0) is 6.54 Å². The maximum atomic E-state index is 12.9. The zero-order valence-corrected chi connectivity index (χ0v) is 18.4. The standard InChI is InChI=1S/C23H33N3OS/c1-15(2)13-24-23(28)26(20-8-6-5-7-9-20)14-19-12-18-11-10-16(3)17(4)21(18)25-22(19)27/h10-12,15,20H,5-9,13-14H2,1-4H3,(H,24,28)(H,25,27). The number of fused-ring (bicyclic) bond motifs is 1. The van der Waals surface area contributed by atoms with Crippen LogP contribution in [0.15, 0.2) is 23.0 Å². The van der Waals surface area contributed by atoms with Crippen LogP contribution in [-0.4, -0.2) is 27.6 Å². The number of benzene rings is 1. The zero-order chi connectivity index (χ0) is 20.3. The lowest BCUT2D eigenvalue weighted by atomic mass is 9.94. The molecule has 1 aromatic carbocycles. The molecule has 28 heavy (non-hydrogen) atoms. The summed E-state index contributed by atoms with van der Waals surface area (Å²) < 4.78 is 0. The van der Waals surface area contributed by atoms with Gasteiger partial charge in [-0.1, -0.05) is 45.2 Å². The van der Waals surface area contributed by atoms with Crippen LogP contribution in [0.2, 0.25) is 0 Å². The van der Waals surface area contributed by atoms with Crippen molar-refractivity contribution in [1.82, 2.24) is 15.2 Å². The number of hydrogen-bond donors (Lipinski definition) is 2. The molecule has 1 fully saturated rings. The van der Waals surface area contributed by atoms with Crippen molar-refractivity contribution in [3.05, 3.63) is 45.2 Å². The van der Waals surface area contributed by atoms with Crippen molar-refractivity contribution in [3.8, 4) is 0 Å². The molecule has 0 atom stereocenters. The van der Waals surface area contributed by atoms with Crippen LogP contribution in [0, 0.1) is 19.8 Å². The minimum atomic E-state index is -0.00586. The van der Waals surface area contributed by atoms with Crippen molar-refractivity contribution in [2.45, 2.75) is 72.4 Å². The molecule has 0 aliphatic heterocycles. The van der Waals surface area contributed by atoms with Gasteiger partial charge in [-0.3, -0.25) is 4.79 Å².